The molecular weight excluding hydrogens is 279 g/mol. The zero-order chi connectivity index (χ0) is 13.3. The highest BCUT2D eigenvalue weighted by atomic mass is 32.2. The van der Waals surface area contributed by atoms with Crippen LogP contribution in [0, 0.1) is 12.7 Å². The lowest BCUT2D eigenvalue weighted by Gasteiger charge is -2.05. The minimum Gasteiger partial charge on any atom is -0.374 e. The Morgan fingerprint density at radius 3 is 2.67 bits per heavy atom. The van der Waals surface area contributed by atoms with Crippen LogP contribution in [0.5, 0.6) is 0 Å². The van der Waals surface area contributed by atoms with Gasteiger partial charge in [0, 0.05) is 0 Å². The third-order valence-electron chi connectivity index (χ3n) is 2.08. The van der Waals surface area contributed by atoms with Crippen molar-refractivity contribution in [3.05, 3.63) is 29.6 Å². The minimum atomic E-state index is -3.87. The lowest BCUT2D eigenvalue weighted by atomic mass is 10.2. The van der Waals surface area contributed by atoms with E-state index in [9.17, 15) is 12.8 Å². The monoisotopic (exact) mass is 288 g/mol. The molecule has 2 aromatic rings. The molecule has 1 aromatic carbocycles. The number of aryl methyl sites for hydroxylation is 1. The molecule has 0 amide bonds. The van der Waals surface area contributed by atoms with Crippen LogP contribution in [0.3, 0.4) is 0 Å². The number of nitrogens with zero attached hydrogens (tertiary/aromatic N) is 2. The predicted molar refractivity (Wildman–Crippen MR) is 66.3 cm³/mol. The Bertz CT molecular complexity index is 684. The van der Waals surface area contributed by atoms with Gasteiger partial charge in [0.25, 0.3) is 14.4 Å². The van der Waals surface area contributed by atoms with E-state index >= 15 is 0 Å². The van der Waals surface area contributed by atoms with Crippen LogP contribution in [0.25, 0.3) is 0 Å². The number of nitrogen functional groups attached to an aromatic ring is 1. The first-order chi connectivity index (χ1) is 8.38. The van der Waals surface area contributed by atoms with Gasteiger partial charge in [-0.15, -0.1) is 10.2 Å². The van der Waals surface area contributed by atoms with E-state index in [0.29, 0.717) is 5.56 Å². The van der Waals surface area contributed by atoms with E-state index in [4.69, 9.17) is 5.73 Å². The molecule has 0 atom stereocenters. The smallest absolute Gasteiger partial charge is 0.291 e. The van der Waals surface area contributed by atoms with E-state index < -0.39 is 15.8 Å². The number of nitrogens with two attached hydrogens (primary N) is 1. The first-order valence-corrected chi connectivity index (χ1v) is 7.06. The van der Waals surface area contributed by atoms with Crippen LogP contribution < -0.4 is 10.5 Å². The Morgan fingerprint density at radius 2 is 2.11 bits per heavy atom. The van der Waals surface area contributed by atoms with E-state index in [0.717, 1.165) is 17.4 Å². The van der Waals surface area contributed by atoms with Gasteiger partial charge in [0.05, 0.1) is 5.69 Å². The predicted octanol–water partition coefficient (Wildman–Crippen LogP) is 1.37. The van der Waals surface area contributed by atoms with Crippen molar-refractivity contribution in [1.29, 1.82) is 0 Å². The zero-order valence-electron chi connectivity index (χ0n) is 9.21. The van der Waals surface area contributed by atoms with Gasteiger partial charge in [0.2, 0.25) is 5.13 Å². The second kappa shape index (κ2) is 4.50. The molecule has 0 aliphatic carbocycles. The first kappa shape index (κ1) is 12.7. The molecule has 3 N–H and O–H groups in total. The van der Waals surface area contributed by atoms with Crippen molar-refractivity contribution in [2.75, 3.05) is 10.5 Å². The van der Waals surface area contributed by atoms with Gasteiger partial charge >= 0.3 is 0 Å². The van der Waals surface area contributed by atoms with Gasteiger partial charge in [-0.05, 0) is 24.6 Å². The fourth-order valence-corrected chi connectivity index (χ4v) is 3.02. The molecular formula is C9H9FN4O2S2. The maximum Gasteiger partial charge on any atom is 0.291 e. The molecule has 0 radical (unpaired) electrons. The van der Waals surface area contributed by atoms with E-state index in [-0.39, 0.29) is 15.2 Å². The zero-order valence-corrected chi connectivity index (χ0v) is 10.8. The molecule has 0 bridgehead atoms. The molecule has 2 rings (SSSR count). The van der Waals surface area contributed by atoms with Crippen molar-refractivity contribution < 1.29 is 12.8 Å². The molecule has 9 heteroatoms. The number of nitrogens with one attached hydrogen (secondary N) is 1. The number of halogens is 1. The molecule has 0 aliphatic heterocycles. The second-order valence-corrected chi connectivity index (χ2v) is 6.34. The Kier molecular flexibility index (Phi) is 3.18. The summed E-state index contributed by atoms with van der Waals surface area (Å²) in [5.41, 5.74) is 5.85. The summed E-state index contributed by atoms with van der Waals surface area (Å²) in [7, 11) is -3.87. The highest BCUT2D eigenvalue weighted by Gasteiger charge is 2.19. The van der Waals surface area contributed by atoms with Crippen molar-refractivity contribution in [3.63, 3.8) is 0 Å². The Morgan fingerprint density at radius 1 is 1.39 bits per heavy atom. The van der Waals surface area contributed by atoms with Gasteiger partial charge in [-0.25, -0.2) is 4.39 Å². The lowest BCUT2D eigenvalue weighted by molar-refractivity contribution is 0.599. The van der Waals surface area contributed by atoms with Gasteiger partial charge in [-0.1, -0.05) is 17.4 Å². The summed E-state index contributed by atoms with van der Waals surface area (Å²) in [6.07, 6.45) is 0. The summed E-state index contributed by atoms with van der Waals surface area (Å²) in [6.45, 7) is 1.58. The maximum absolute atomic E-state index is 13.3. The molecule has 0 unspecified atom stereocenters. The summed E-state index contributed by atoms with van der Waals surface area (Å²) >= 11 is 0.733. The van der Waals surface area contributed by atoms with Crippen molar-refractivity contribution in [1.82, 2.24) is 10.2 Å². The summed E-state index contributed by atoms with van der Waals surface area (Å²) in [5.74, 6) is -0.494. The molecule has 0 saturated carbocycles. The van der Waals surface area contributed by atoms with Gasteiger partial charge in [0.1, 0.15) is 5.82 Å². The quantitative estimate of drug-likeness (QED) is 0.888. The van der Waals surface area contributed by atoms with Crippen molar-refractivity contribution in [2.45, 2.75) is 11.3 Å². The molecule has 1 heterocycles. The van der Waals surface area contributed by atoms with Gasteiger partial charge < -0.3 is 5.73 Å². The van der Waals surface area contributed by atoms with E-state index in [1.165, 1.54) is 12.1 Å². The van der Waals surface area contributed by atoms with Crippen LogP contribution in [-0.4, -0.2) is 18.6 Å². The molecule has 6 nitrogen and oxygen atoms in total. The number of aromatic nitrogens is 2. The van der Waals surface area contributed by atoms with Crippen LogP contribution >= 0.6 is 11.3 Å². The number of sulfonamides is 1. The van der Waals surface area contributed by atoms with Crippen LogP contribution in [0.2, 0.25) is 0 Å². The topological polar surface area (TPSA) is 98.0 Å². The summed E-state index contributed by atoms with van der Waals surface area (Å²) in [5, 5.41) is 6.88. The Balaban J connectivity index is 2.30. The average Bonchev–Trinajstić information content (AvgIpc) is 2.71. The molecule has 0 aliphatic rings. The molecule has 0 fully saturated rings. The number of rotatable bonds is 3. The Hall–Kier alpha value is -1.74. The number of hydrogen-bond donors (Lipinski definition) is 2. The van der Waals surface area contributed by atoms with Gasteiger partial charge in [-0.3, -0.25) is 4.72 Å². The molecule has 0 spiro atoms. The first-order valence-electron chi connectivity index (χ1n) is 4.76. The van der Waals surface area contributed by atoms with Crippen molar-refractivity contribution >= 4 is 32.2 Å². The van der Waals surface area contributed by atoms with Crippen LogP contribution in [-0.2, 0) is 10.0 Å². The lowest BCUT2D eigenvalue weighted by Crippen LogP contribution is -2.13. The van der Waals surface area contributed by atoms with Crippen molar-refractivity contribution in [2.24, 2.45) is 0 Å². The van der Waals surface area contributed by atoms with Gasteiger partial charge in [0.15, 0.2) is 0 Å². The highest BCUT2D eigenvalue weighted by molar-refractivity contribution is 7.94. The fourth-order valence-electron chi connectivity index (χ4n) is 1.18. The third-order valence-corrected chi connectivity index (χ3v) is 4.58. The molecule has 0 saturated heterocycles. The summed E-state index contributed by atoms with van der Waals surface area (Å²) < 4.78 is 38.9. The number of benzene rings is 1. The summed E-state index contributed by atoms with van der Waals surface area (Å²) in [6, 6.07) is 4.03. The number of anilines is 2. The van der Waals surface area contributed by atoms with E-state index in [1.54, 1.807) is 6.92 Å². The third kappa shape index (κ3) is 2.57. The summed E-state index contributed by atoms with van der Waals surface area (Å²) in [4.78, 5) is 0. The SMILES string of the molecule is Cc1ccc(NS(=O)(=O)c2nnc(N)s2)cc1F. The fraction of sp³-hybridized carbons (Fsp3) is 0.111. The average molecular weight is 288 g/mol. The minimum absolute atomic E-state index is 0.0467. The molecule has 96 valence electrons. The second-order valence-electron chi connectivity index (χ2n) is 3.48. The van der Waals surface area contributed by atoms with E-state index in [2.05, 4.69) is 14.9 Å². The number of hydrogen-bond acceptors (Lipinski definition) is 6. The van der Waals surface area contributed by atoms with Crippen LogP contribution in [0.15, 0.2) is 22.5 Å². The van der Waals surface area contributed by atoms with Gasteiger partial charge in [-0.2, -0.15) is 8.42 Å². The maximum atomic E-state index is 13.3. The standard InChI is InChI=1S/C9H9FN4O2S2/c1-5-2-3-6(4-7(5)10)14-18(15,16)9-13-12-8(11)17-9/h2-4,14H,1H3,(H2,11,12). The van der Waals surface area contributed by atoms with Crippen LogP contribution in [0.1, 0.15) is 5.56 Å². The van der Waals surface area contributed by atoms with Crippen molar-refractivity contribution in [3.8, 4) is 0 Å². The van der Waals surface area contributed by atoms with E-state index in [1.807, 2.05) is 0 Å². The molecule has 1 aromatic heterocycles. The highest BCUT2D eigenvalue weighted by Crippen LogP contribution is 2.21. The molecule has 18 heavy (non-hydrogen) atoms. The van der Waals surface area contributed by atoms with Crippen LogP contribution in [0.4, 0.5) is 15.2 Å². The normalized spacial score (nSPS) is 11.4. The largest absolute Gasteiger partial charge is 0.374 e. The Labute approximate surface area is 107 Å².